The van der Waals surface area contributed by atoms with Crippen LogP contribution in [0.4, 0.5) is 13.2 Å². The average molecular weight is 435 g/mol. The van der Waals surface area contributed by atoms with Crippen LogP contribution in [0.3, 0.4) is 0 Å². The SMILES string of the molecule is CNC(=O)C1CCN(C(=O)c2nc(-c3cc(F)c(F)cc3F)n3c2CN(C)CCC3)C1. The molecule has 0 bridgehead atoms. The van der Waals surface area contributed by atoms with Gasteiger partial charge in [-0.15, -0.1) is 0 Å². The van der Waals surface area contributed by atoms with Crippen LogP contribution >= 0.6 is 0 Å². The van der Waals surface area contributed by atoms with Crippen molar-refractivity contribution in [3.63, 3.8) is 0 Å². The van der Waals surface area contributed by atoms with Crippen molar-refractivity contribution in [3.05, 3.63) is 41.0 Å². The van der Waals surface area contributed by atoms with Crippen LogP contribution in [0.2, 0.25) is 0 Å². The molecule has 3 heterocycles. The molecule has 0 aliphatic carbocycles. The third kappa shape index (κ3) is 3.91. The predicted octanol–water partition coefficient (Wildman–Crippen LogP) is 2.01. The fourth-order valence-corrected chi connectivity index (χ4v) is 4.30. The second kappa shape index (κ2) is 8.33. The maximum atomic E-state index is 14.5. The Balaban J connectivity index is 1.76. The fourth-order valence-electron chi connectivity index (χ4n) is 4.30. The number of hydrogen-bond donors (Lipinski definition) is 1. The molecule has 2 amide bonds. The van der Waals surface area contributed by atoms with E-state index in [1.54, 1.807) is 16.5 Å². The minimum absolute atomic E-state index is 0.104. The normalized spacial score (nSPS) is 19.3. The zero-order chi connectivity index (χ0) is 22.3. The van der Waals surface area contributed by atoms with Gasteiger partial charge < -0.3 is 19.7 Å². The molecule has 0 radical (unpaired) electrons. The Morgan fingerprint density at radius 2 is 1.84 bits per heavy atom. The van der Waals surface area contributed by atoms with Gasteiger partial charge in [0.05, 0.1) is 17.2 Å². The van der Waals surface area contributed by atoms with Gasteiger partial charge in [-0.05, 0) is 32.5 Å². The third-order valence-corrected chi connectivity index (χ3v) is 5.96. The largest absolute Gasteiger partial charge is 0.359 e. The molecule has 1 aromatic carbocycles. The molecule has 1 fully saturated rings. The summed E-state index contributed by atoms with van der Waals surface area (Å²) >= 11 is 0. The molecule has 10 heteroatoms. The lowest BCUT2D eigenvalue weighted by atomic mass is 10.1. The van der Waals surface area contributed by atoms with Gasteiger partial charge in [-0.1, -0.05) is 0 Å². The summed E-state index contributed by atoms with van der Waals surface area (Å²) < 4.78 is 43.6. The van der Waals surface area contributed by atoms with E-state index in [9.17, 15) is 22.8 Å². The number of likely N-dealkylation sites (tertiary alicyclic amines) is 1. The number of fused-ring (bicyclic) bond motifs is 1. The molecule has 1 aromatic heterocycles. The summed E-state index contributed by atoms with van der Waals surface area (Å²) in [5.41, 5.74) is 0.575. The van der Waals surface area contributed by atoms with Crippen molar-refractivity contribution in [3.8, 4) is 11.4 Å². The quantitative estimate of drug-likeness (QED) is 0.749. The summed E-state index contributed by atoms with van der Waals surface area (Å²) in [4.78, 5) is 33.3. The summed E-state index contributed by atoms with van der Waals surface area (Å²) in [6.07, 6.45) is 1.28. The summed E-state index contributed by atoms with van der Waals surface area (Å²) in [7, 11) is 3.47. The Kier molecular flexibility index (Phi) is 5.74. The van der Waals surface area contributed by atoms with Crippen molar-refractivity contribution in [1.29, 1.82) is 0 Å². The highest BCUT2D eigenvalue weighted by molar-refractivity contribution is 5.95. The Morgan fingerprint density at radius 1 is 1.10 bits per heavy atom. The van der Waals surface area contributed by atoms with E-state index in [4.69, 9.17) is 0 Å². The van der Waals surface area contributed by atoms with Gasteiger partial charge in [-0.3, -0.25) is 9.59 Å². The maximum Gasteiger partial charge on any atom is 0.274 e. The number of halogens is 3. The van der Waals surface area contributed by atoms with Gasteiger partial charge in [0.25, 0.3) is 5.91 Å². The van der Waals surface area contributed by atoms with Crippen molar-refractivity contribution < 1.29 is 22.8 Å². The Hall–Kier alpha value is -2.88. The van der Waals surface area contributed by atoms with E-state index in [2.05, 4.69) is 10.3 Å². The Labute approximate surface area is 177 Å². The molecule has 0 spiro atoms. The van der Waals surface area contributed by atoms with Gasteiger partial charge in [0.2, 0.25) is 5.91 Å². The molecule has 0 saturated carbocycles. The molecule has 4 rings (SSSR count). The van der Waals surface area contributed by atoms with Crippen LogP contribution < -0.4 is 5.32 Å². The van der Waals surface area contributed by atoms with Crippen LogP contribution in [0.15, 0.2) is 12.1 Å². The third-order valence-electron chi connectivity index (χ3n) is 5.96. The highest BCUT2D eigenvalue weighted by Crippen LogP contribution is 2.30. The smallest absolute Gasteiger partial charge is 0.274 e. The Bertz CT molecular complexity index is 1040. The lowest BCUT2D eigenvalue weighted by molar-refractivity contribution is -0.124. The number of amides is 2. The summed E-state index contributed by atoms with van der Waals surface area (Å²) in [6.45, 7) is 2.32. The molecule has 2 aliphatic rings. The second-order valence-corrected chi connectivity index (χ2v) is 8.07. The standard InChI is InChI=1S/C21H24F3N5O2/c1-25-20(30)12-4-7-28(10-12)21(31)18-17-11-27(2)5-3-6-29(17)19(26-18)13-8-15(23)16(24)9-14(13)22/h8-9,12H,3-7,10-11H2,1-2H3,(H,25,30). The molecule has 1 N–H and O–H groups in total. The number of hydrogen-bond acceptors (Lipinski definition) is 4. The Morgan fingerprint density at radius 3 is 2.58 bits per heavy atom. The highest BCUT2D eigenvalue weighted by Gasteiger charge is 2.35. The van der Waals surface area contributed by atoms with Crippen LogP contribution in [-0.2, 0) is 17.9 Å². The van der Waals surface area contributed by atoms with Crippen molar-refractivity contribution in [1.82, 2.24) is 24.7 Å². The average Bonchev–Trinajstić information content (AvgIpc) is 3.31. The number of benzene rings is 1. The van der Waals surface area contributed by atoms with E-state index >= 15 is 0 Å². The highest BCUT2D eigenvalue weighted by atomic mass is 19.2. The van der Waals surface area contributed by atoms with Crippen LogP contribution in [0.5, 0.6) is 0 Å². The van der Waals surface area contributed by atoms with Crippen LogP contribution in [0.1, 0.15) is 29.0 Å². The van der Waals surface area contributed by atoms with Gasteiger partial charge in [0, 0.05) is 39.3 Å². The van der Waals surface area contributed by atoms with Gasteiger partial charge >= 0.3 is 0 Å². The topological polar surface area (TPSA) is 70.5 Å². The zero-order valence-electron chi connectivity index (χ0n) is 17.4. The van der Waals surface area contributed by atoms with E-state index in [0.29, 0.717) is 37.8 Å². The first-order chi connectivity index (χ1) is 14.8. The molecule has 2 aliphatic heterocycles. The fraction of sp³-hybridized carbons (Fsp3) is 0.476. The van der Waals surface area contributed by atoms with Gasteiger partial charge in [0.1, 0.15) is 11.6 Å². The van der Waals surface area contributed by atoms with E-state index < -0.39 is 17.5 Å². The van der Waals surface area contributed by atoms with Gasteiger partial charge in [-0.2, -0.15) is 0 Å². The maximum absolute atomic E-state index is 14.5. The second-order valence-electron chi connectivity index (χ2n) is 8.07. The van der Waals surface area contributed by atoms with E-state index in [-0.39, 0.29) is 41.4 Å². The number of carbonyl (C=O) groups is 2. The summed E-state index contributed by atoms with van der Waals surface area (Å²) in [5, 5.41) is 2.60. The van der Waals surface area contributed by atoms with Crippen LogP contribution in [0, 0.1) is 23.4 Å². The van der Waals surface area contributed by atoms with Crippen molar-refractivity contribution in [2.24, 2.45) is 5.92 Å². The first-order valence-corrected chi connectivity index (χ1v) is 10.2. The molecule has 7 nitrogen and oxygen atoms in total. The number of imidazole rings is 1. The van der Waals surface area contributed by atoms with Gasteiger partial charge in [0.15, 0.2) is 17.3 Å². The number of nitrogens with zero attached hydrogens (tertiary/aromatic N) is 4. The summed E-state index contributed by atoms with van der Waals surface area (Å²) in [6, 6.07) is 1.27. The van der Waals surface area contributed by atoms with Crippen LogP contribution in [0.25, 0.3) is 11.4 Å². The predicted molar refractivity (Wildman–Crippen MR) is 107 cm³/mol. The van der Waals surface area contributed by atoms with E-state index in [1.165, 1.54) is 0 Å². The zero-order valence-corrected chi connectivity index (χ0v) is 17.4. The molecular weight excluding hydrogens is 411 g/mol. The minimum Gasteiger partial charge on any atom is -0.359 e. The lowest BCUT2D eigenvalue weighted by Crippen LogP contribution is -2.34. The molecule has 2 aromatic rings. The van der Waals surface area contributed by atoms with Crippen LogP contribution in [-0.4, -0.2) is 64.9 Å². The number of carbonyl (C=O) groups excluding carboxylic acids is 2. The molecule has 1 saturated heterocycles. The molecule has 31 heavy (non-hydrogen) atoms. The van der Waals surface area contributed by atoms with Crippen molar-refractivity contribution in [2.75, 3.05) is 33.7 Å². The lowest BCUT2D eigenvalue weighted by Gasteiger charge is -2.17. The number of nitrogens with one attached hydrogen (secondary N) is 1. The molecule has 1 unspecified atom stereocenters. The van der Waals surface area contributed by atoms with Crippen molar-refractivity contribution >= 4 is 11.8 Å². The first-order valence-electron chi connectivity index (χ1n) is 10.2. The number of rotatable bonds is 3. The molecular formula is C21H24F3N5O2. The van der Waals surface area contributed by atoms with E-state index in [0.717, 1.165) is 19.0 Å². The monoisotopic (exact) mass is 435 g/mol. The van der Waals surface area contributed by atoms with E-state index in [1.807, 2.05) is 11.9 Å². The first kappa shape index (κ1) is 21.4. The number of aromatic nitrogens is 2. The molecule has 166 valence electrons. The minimum atomic E-state index is -1.28. The summed E-state index contributed by atoms with van der Waals surface area (Å²) in [5.74, 6) is -4.06. The van der Waals surface area contributed by atoms with Gasteiger partial charge in [-0.25, -0.2) is 18.2 Å². The van der Waals surface area contributed by atoms with Crippen molar-refractivity contribution in [2.45, 2.75) is 25.9 Å². The molecule has 1 atom stereocenters.